The van der Waals surface area contributed by atoms with Crippen molar-refractivity contribution in [1.82, 2.24) is 14.7 Å². The molecule has 2 amide bonds. The summed E-state index contributed by atoms with van der Waals surface area (Å²) in [6.45, 7) is 0.907. The van der Waals surface area contributed by atoms with Crippen LogP contribution in [0.3, 0.4) is 0 Å². The lowest BCUT2D eigenvalue weighted by molar-refractivity contribution is -0.121. The monoisotopic (exact) mass is 240 g/mol. The number of rotatable bonds is 7. The molecule has 0 unspecified atom stereocenters. The van der Waals surface area contributed by atoms with Crippen molar-refractivity contribution in [2.75, 3.05) is 25.4 Å². The van der Waals surface area contributed by atoms with Gasteiger partial charge in [0.05, 0.1) is 19.6 Å². The number of anilines is 1. The lowest BCUT2D eigenvalue weighted by Crippen LogP contribution is -2.41. The van der Waals surface area contributed by atoms with Gasteiger partial charge in [-0.1, -0.05) is 0 Å². The molecule has 94 valence electrons. The number of primary amides is 2. The minimum atomic E-state index is -0.508. The summed E-state index contributed by atoms with van der Waals surface area (Å²) in [5.74, 6) is -0.598. The molecule has 8 heteroatoms. The summed E-state index contributed by atoms with van der Waals surface area (Å²) in [5, 5.41) is 3.98. The minimum absolute atomic E-state index is 0.0142. The van der Waals surface area contributed by atoms with Crippen LogP contribution in [0.5, 0.6) is 0 Å². The Morgan fingerprint density at radius 1 is 1.29 bits per heavy atom. The molecule has 1 heterocycles. The van der Waals surface area contributed by atoms with Crippen molar-refractivity contribution in [3.05, 3.63) is 12.3 Å². The molecule has 1 rings (SSSR count). The number of nitrogens with zero attached hydrogens (tertiary/aromatic N) is 3. The fourth-order valence-corrected chi connectivity index (χ4v) is 1.40. The van der Waals surface area contributed by atoms with E-state index in [0.29, 0.717) is 18.9 Å². The maximum Gasteiger partial charge on any atom is 0.231 e. The van der Waals surface area contributed by atoms with Crippen LogP contribution in [0, 0.1) is 0 Å². The van der Waals surface area contributed by atoms with Crippen molar-refractivity contribution in [2.45, 2.75) is 6.54 Å². The highest BCUT2D eigenvalue weighted by Gasteiger charge is 2.11. The van der Waals surface area contributed by atoms with Gasteiger partial charge >= 0.3 is 0 Å². The van der Waals surface area contributed by atoms with Gasteiger partial charge in [0.2, 0.25) is 11.8 Å². The van der Waals surface area contributed by atoms with Gasteiger partial charge in [-0.3, -0.25) is 19.2 Å². The van der Waals surface area contributed by atoms with Gasteiger partial charge in [0.15, 0.2) is 0 Å². The van der Waals surface area contributed by atoms with Crippen molar-refractivity contribution >= 4 is 17.6 Å². The van der Waals surface area contributed by atoms with E-state index in [1.54, 1.807) is 21.8 Å². The quantitative estimate of drug-likeness (QED) is 0.494. The lowest BCUT2D eigenvalue weighted by Gasteiger charge is -2.18. The molecule has 1 aromatic heterocycles. The lowest BCUT2D eigenvalue weighted by atomic mass is 10.4. The van der Waals surface area contributed by atoms with E-state index in [1.165, 1.54) is 0 Å². The second kappa shape index (κ2) is 5.85. The molecule has 0 aliphatic rings. The van der Waals surface area contributed by atoms with Crippen LogP contribution < -0.4 is 17.2 Å². The minimum Gasteiger partial charge on any atom is -0.382 e. The fourth-order valence-electron chi connectivity index (χ4n) is 1.40. The Morgan fingerprint density at radius 3 is 2.29 bits per heavy atom. The van der Waals surface area contributed by atoms with Crippen molar-refractivity contribution < 1.29 is 9.59 Å². The summed E-state index contributed by atoms with van der Waals surface area (Å²) in [7, 11) is 0. The Balaban J connectivity index is 2.48. The summed E-state index contributed by atoms with van der Waals surface area (Å²) in [4.78, 5) is 23.1. The Labute approximate surface area is 98.3 Å². The van der Waals surface area contributed by atoms with Crippen LogP contribution in [-0.4, -0.2) is 46.1 Å². The molecule has 0 fully saturated rings. The van der Waals surface area contributed by atoms with Gasteiger partial charge in [-0.05, 0) is 6.07 Å². The zero-order valence-corrected chi connectivity index (χ0v) is 9.37. The third kappa shape index (κ3) is 4.98. The first-order valence-corrected chi connectivity index (χ1v) is 5.05. The molecule has 0 spiro atoms. The molecule has 1 aromatic rings. The average molecular weight is 240 g/mol. The van der Waals surface area contributed by atoms with Crippen LogP contribution in [0.1, 0.15) is 0 Å². The van der Waals surface area contributed by atoms with Gasteiger partial charge in [0.25, 0.3) is 0 Å². The zero-order valence-electron chi connectivity index (χ0n) is 9.37. The van der Waals surface area contributed by atoms with E-state index in [4.69, 9.17) is 17.2 Å². The standard InChI is InChI=1S/C9H16N6O2/c10-7-1-2-15(13-7)4-3-14(5-8(11)16)6-9(12)17/h1-2H,3-6H2,(H2,10,13)(H2,11,16)(H2,12,17). The van der Waals surface area contributed by atoms with Gasteiger partial charge in [0, 0.05) is 12.7 Å². The van der Waals surface area contributed by atoms with E-state index in [0.717, 1.165) is 0 Å². The predicted octanol–water partition coefficient (Wildman–Crippen LogP) is -2.26. The van der Waals surface area contributed by atoms with E-state index >= 15 is 0 Å². The number of hydrogen-bond donors (Lipinski definition) is 3. The molecule has 0 aliphatic heterocycles. The maximum absolute atomic E-state index is 10.8. The summed E-state index contributed by atoms with van der Waals surface area (Å²) in [6, 6.07) is 1.66. The highest BCUT2D eigenvalue weighted by molar-refractivity contribution is 5.79. The maximum atomic E-state index is 10.8. The van der Waals surface area contributed by atoms with Crippen molar-refractivity contribution in [3.63, 3.8) is 0 Å². The second-order valence-electron chi connectivity index (χ2n) is 3.65. The van der Waals surface area contributed by atoms with Crippen molar-refractivity contribution in [2.24, 2.45) is 11.5 Å². The first-order chi connectivity index (χ1) is 7.97. The topological polar surface area (TPSA) is 133 Å². The number of carbonyl (C=O) groups is 2. The number of nitrogen functional groups attached to an aromatic ring is 1. The van der Waals surface area contributed by atoms with Gasteiger partial charge in [-0.25, -0.2) is 0 Å². The van der Waals surface area contributed by atoms with Gasteiger partial charge in [-0.15, -0.1) is 0 Å². The van der Waals surface area contributed by atoms with Gasteiger partial charge in [-0.2, -0.15) is 5.10 Å². The van der Waals surface area contributed by atoms with Crippen LogP contribution in [0.15, 0.2) is 12.3 Å². The number of hydrogen-bond acceptors (Lipinski definition) is 5. The van der Waals surface area contributed by atoms with Crippen LogP contribution in [0.2, 0.25) is 0 Å². The zero-order chi connectivity index (χ0) is 12.8. The Morgan fingerprint density at radius 2 is 1.88 bits per heavy atom. The highest BCUT2D eigenvalue weighted by atomic mass is 16.2. The predicted molar refractivity (Wildman–Crippen MR) is 61.5 cm³/mol. The van der Waals surface area contributed by atoms with E-state index < -0.39 is 11.8 Å². The highest BCUT2D eigenvalue weighted by Crippen LogP contribution is 1.96. The third-order valence-corrected chi connectivity index (χ3v) is 2.07. The molecule has 0 saturated heterocycles. The molecular formula is C9H16N6O2. The summed E-state index contributed by atoms with van der Waals surface area (Å²) >= 11 is 0. The molecule has 17 heavy (non-hydrogen) atoms. The molecule has 8 nitrogen and oxygen atoms in total. The Kier molecular flexibility index (Phi) is 4.46. The Bertz CT molecular complexity index is 386. The van der Waals surface area contributed by atoms with Gasteiger partial charge in [0.1, 0.15) is 5.82 Å². The van der Waals surface area contributed by atoms with Crippen LogP contribution in [-0.2, 0) is 16.1 Å². The van der Waals surface area contributed by atoms with E-state index in [-0.39, 0.29) is 13.1 Å². The van der Waals surface area contributed by atoms with Crippen LogP contribution >= 0.6 is 0 Å². The van der Waals surface area contributed by atoms with E-state index in [2.05, 4.69) is 5.10 Å². The number of carbonyl (C=O) groups excluding carboxylic acids is 2. The van der Waals surface area contributed by atoms with Crippen LogP contribution in [0.4, 0.5) is 5.82 Å². The Hall–Kier alpha value is -2.09. The summed E-state index contributed by atoms with van der Waals surface area (Å²) in [6.07, 6.45) is 1.71. The van der Waals surface area contributed by atoms with E-state index in [1.807, 2.05) is 0 Å². The first kappa shape index (κ1) is 13.0. The smallest absolute Gasteiger partial charge is 0.231 e. The second-order valence-corrected chi connectivity index (χ2v) is 3.65. The molecule has 0 radical (unpaired) electrons. The molecule has 0 bridgehead atoms. The molecule has 0 aliphatic carbocycles. The normalized spacial score (nSPS) is 10.6. The average Bonchev–Trinajstić information content (AvgIpc) is 2.59. The largest absolute Gasteiger partial charge is 0.382 e. The summed E-state index contributed by atoms with van der Waals surface area (Å²) in [5.41, 5.74) is 15.6. The molecule has 6 N–H and O–H groups in total. The molecule has 0 aromatic carbocycles. The fraction of sp³-hybridized carbons (Fsp3) is 0.444. The third-order valence-electron chi connectivity index (χ3n) is 2.07. The molecule has 0 atom stereocenters. The molecule has 0 saturated carbocycles. The molecular weight excluding hydrogens is 224 g/mol. The summed E-state index contributed by atoms with van der Waals surface area (Å²) < 4.78 is 1.62. The number of nitrogens with two attached hydrogens (primary N) is 3. The van der Waals surface area contributed by atoms with E-state index in [9.17, 15) is 9.59 Å². The van der Waals surface area contributed by atoms with Crippen LogP contribution in [0.25, 0.3) is 0 Å². The van der Waals surface area contributed by atoms with Crippen molar-refractivity contribution in [1.29, 1.82) is 0 Å². The van der Waals surface area contributed by atoms with Gasteiger partial charge < -0.3 is 17.2 Å². The number of amides is 2. The van der Waals surface area contributed by atoms with Crippen molar-refractivity contribution in [3.8, 4) is 0 Å². The number of aromatic nitrogens is 2. The SMILES string of the molecule is NC(=O)CN(CCn1ccc(N)n1)CC(N)=O. The first-order valence-electron chi connectivity index (χ1n) is 5.05.